The highest BCUT2D eigenvalue weighted by molar-refractivity contribution is 5.84. The van der Waals surface area contributed by atoms with Crippen molar-refractivity contribution in [3.63, 3.8) is 0 Å². The van der Waals surface area contributed by atoms with E-state index in [0.717, 1.165) is 0 Å². The Hall–Kier alpha value is -0.920. The predicted octanol–water partition coefficient (Wildman–Crippen LogP) is -0.873. The number of aliphatic carboxylic acids is 1. The molecule has 32 valence electrons. The number of rotatable bonds is 1. The number of carboxylic acid groups (broad SMARTS) is 1. The van der Waals surface area contributed by atoms with Crippen molar-refractivity contribution in [2.24, 2.45) is 0 Å². The van der Waals surface area contributed by atoms with E-state index in [9.17, 15) is 9.90 Å². The fraction of sp³-hybridized carbons (Fsp3) is 0. The van der Waals surface area contributed by atoms with Crippen LogP contribution in [-0.4, -0.2) is 5.97 Å². The van der Waals surface area contributed by atoms with E-state index in [1.165, 1.54) is 0 Å². The fourth-order valence-corrected chi connectivity index (χ4v) is 0. The van der Waals surface area contributed by atoms with Gasteiger partial charge in [0, 0.05) is 13.5 Å². The lowest BCUT2D eigenvalue weighted by Gasteiger charge is -1.81. The number of carboxylic acids is 1. The minimum atomic E-state index is -1.30. The number of hydrogen-bond donors (Lipinski definition) is 0. The Morgan fingerprint density at radius 3 is 2.00 bits per heavy atom. The molecule has 0 aromatic heterocycles. The van der Waals surface area contributed by atoms with Gasteiger partial charge in [0.15, 0.2) is 5.97 Å². The third-order valence-corrected chi connectivity index (χ3v) is 0.289. The zero-order valence-corrected chi connectivity index (χ0v) is 3.23. The molecule has 2 nitrogen and oxygen atoms in total. The van der Waals surface area contributed by atoms with Crippen LogP contribution < -0.4 is 5.11 Å². The molecule has 0 bridgehead atoms. The summed E-state index contributed by atoms with van der Waals surface area (Å²) in [4.78, 5) is 9.43. The van der Waals surface area contributed by atoms with Crippen molar-refractivity contribution < 1.29 is 9.90 Å². The molecule has 0 heterocycles. The molecule has 2 heteroatoms. The molecule has 0 radical (unpaired) electrons. The van der Waals surface area contributed by atoms with Crippen LogP contribution in [0.2, 0.25) is 0 Å². The Balaban J connectivity index is 3.57. The summed E-state index contributed by atoms with van der Waals surface area (Å²) in [7, 11) is 0. The molecule has 0 atom stereocenters. The smallest absolute Gasteiger partial charge is 0.197 e. The van der Waals surface area contributed by atoms with Gasteiger partial charge in [-0.15, -0.1) is 0 Å². The lowest BCUT2D eigenvalue weighted by molar-refractivity contribution is -0.298. The van der Waals surface area contributed by atoms with Crippen molar-refractivity contribution in [3.05, 3.63) is 19.1 Å². The quantitative estimate of drug-likeness (QED) is 0.306. The highest BCUT2D eigenvalue weighted by Gasteiger charge is 1.89. The van der Waals surface area contributed by atoms with Gasteiger partial charge in [-0.05, 0) is 0 Å². The highest BCUT2D eigenvalue weighted by Crippen LogP contribution is 1.76. The summed E-state index contributed by atoms with van der Waals surface area (Å²) in [6.07, 6.45) is 0. The summed E-state index contributed by atoms with van der Waals surface area (Å²) in [6, 6.07) is 0. The molecular weight excluding hydrogens is 80.0 g/mol. The van der Waals surface area contributed by atoms with E-state index in [2.05, 4.69) is 13.5 Å². The first-order valence-electron chi connectivity index (χ1n) is 1.37. The first-order valence-corrected chi connectivity index (χ1v) is 1.37. The Labute approximate surface area is 36.1 Å². The molecule has 0 saturated heterocycles. The summed E-state index contributed by atoms with van der Waals surface area (Å²) in [5.41, 5.74) is -0.185. The third-order valence-electron chi connectivity index (χ3n) is 0.289. The summed E-state index contributed by atoms with van der Waals surface area (Å²) in [6.45, 7) is 5.96. The van der Waals surface area contributed by atoms with Crippen LogP contribution in [0.4, 0.5) is 0 Å². The van der Waals surface area contributed by atoms with Crippen molar-refractivity contribution >= 4 is 5.97 Å². The second kappa shape index (κ2) is 1.50. The van der Waals surface area contributed by atoms with Gasteiger partial charge in [-0.25, -0.2) is 0 Å². The Morgan fingerprint density at radius 2 is 2.00 bits per heavy atom. The predicted molar refractivity (Wildman–Crippen MR) is 19.5 cm³/mol. The van der Waals surface area contributed by atoms with Gasteiger partial charge in [0.1, 0.15) is 5.57 Å². The van der Waals surface area contributed by atoms with Crippen LogP contribution in [0.15, 0.2) is 12.2 Å². The first kappa shape index (κ1) is 5.08. The van der Waals surface area contributed by atoms with E-state index in [1.807, 2.05) is 0 Å². The van der Waals surface area contributed by atoms with E-state index in [0.29, 0.717) is 0 Å². The minimum Gasteiger partial charge on any atom is -0.472 e. The molecule has 0 unspecified atom stereocenters. The molecule has 0 aliphatic carbocycles. The van der Waals surface area contributed by atoms with E-state index in [4.69, 9.17) is 0 Å². The second-order valence-electron chi connectivity index (χ2n) is 0.891. The van der Waals surface area contributed by atoms with Crippen LogP contribution in [0.3, 0.4) is 0 Å². The molecule has 0 aromatic rings. The van der Waals surface area contributed by atoms with Gasteiger partial charge in [0.05, 0.1) is 0 Å². The van der Waals surface area contributed by atoms with Gasteiger partial charge in [-0.3, -0.25) is 0 Å². The van der Waals surface area contributed by atoms with Crippen molar-refractivity contribution in [1.29, 1.82) is 0 Å². The van der Waals surface area contributed by atoms with Crippen molar-refractivity contribution in [2.75, 3.05) is 0 Å². The van der Waals surface area contributed by atoms with Crippen LogP contribution in [0, 0.1) is 6.92 Å². The summed E-state index contributed by atoms with van der Waals surface area (Å²) in [5.74, 6) is -1.30. The molecule has 0 aromatic carbocycles. The first-order chi connectivity index (χ1) is 2.64. The Morgan fingerprint density at radius 1 is 1.83 bits per heavy atom. The largest absolute Gasteiger partial charge is 0.472 e. The highest BCUT2D eigenvalue weighted by atomic mass is 16.4. The van der Waals surface area contributed by atoms with Gasteiger partial charge < -0.3 is 9.90 Å². The number of hydrogen-bond acceptors (Lipinski definition) is 2. The number of carbonyl (C=O) groups excluding carboxylic acids is 1. The molecule has 0 rings (SSSR count). The monoisotopic (exact) mass is 84.0 g/mol. The standard InChI is InChI=1S/C4H4O2/c1-3(2)4(5)6/h1-2H2. The molecule has 0 aliphatic heterocycles. The van der Waals surface area contributed by atoms with E-state index < -0.39 is 5.97 Å². The molecular formula is C4H4O2. The topological polar surface area (TPSA) is 40.1 Å². The van der Waals surface area contributed by atoms with Crippen LogP contribution in [0.5, 0.6) is 0 Å². The summed E-state index contributed by atoms with van der Waals surface area (Å²) >= 11 is 0. The van der Waals surface area contributed by atoms with Crippen LogP contribution in [0.25, 0.3) is 0 Å². The molecule has 0 N–H and O–H groups in total. The molecule has 6 heavy (non-hydrogen) atoms. The van der Waals surface area contributed by atoms with Gasteiger partial charge >= 0.3 is 0 Å². The third kappa shape index (κ3) is 1.40. The van der Waals surface area contributed by atoms with Gasteiger partial charge in [-0.2, -0.15) is 0 Å². The minimum absolute atomic E-state index is 0.185. The molecule has 0 saturated carbocycles. The summed E-state index contributed by atoms with van der Waals surface area (Å²) in [5, 5.41) is 9.43. The Bertz CT molecular complexity index is 71.5. The second-order valence-corrected chi connectivity index (χ2v) is 0.891. The number of carbonyl (C=O) groups is 1. The maximum atomic E-state index is 9.43. The molecule has 0 amide bonds. The molecule has 0 spiro atoms. The van der Waals surface area contributed by atoms with Crippen LogP contribution >= 0.6 is 0 Å². The SMILES string of the molecule is C=C([CH2+])C(=O)[O-]. The average molecular weight is 84.1 g/mol. The van der Waals surface area contributed by atoms with Crippen molar-refractivity contribution in [1.82, 2.24) is 0 Å². The van der Waals surface area contributed by atoms with Crippen LogP contribution in [-0.2, 0) is 4.79 Å². The van der Waals surface area contributed by atoms with E-state index in [-0.39, 0.29) is 5.57 Å². The van der Waals surface area contributed by atoms with Crippen molar-refractivity contribution in [2.45, 2.75) is 0 Å². The summed E-state index contributed by atoms with van der Waals surface area (Å²) < 4.78 is 0. The normalized spacial score (nSPS) is 7.33. The fourth-order valence-electron chi connectivity index (χ4n) is 0. The molecule has 0 aliphatic rings. The average Bonchev–Trinajstić information content (AvgIpc) is 1.36. The zero-order valence-electron chi connectivity index (χ0n) is 3.23. The maximum Gasteiger partial charge on any atom is 0.197 e. The molecule has 0 fully saturated rings. The van der Waals surface area contributed by atoms with Crippen molar-refractivity contribution in [3.8, 4) is 0 Å². The van der Waals surface area contributed by atoms with Crippen LogP contribution in [0.1, 0.15) is 0 Å². The van der Waals surface area contributed by atoms with Gasteiger partial charge in [0.25, 0.3) is 0 Å². The maximum absolute atomic E-state index is 9.43. The van der Waals surface area contributed by atoms with E-state index >= 15 is 0 Å². The zero-order chi connectivity index (χ0) is 5.15. The Kier molecular flexibility index (Phi) is 1.27. The lowest BCUT2D eigenvalue weighted by Crippen LogP contribution is -2.22. The van der Waals surface area contributed by atoms with Gasteiger partial charge in [-0.1, -0.05) is 0 Å². The van der Waals surface area contributed by atoms with Gasteiger partial charge in [0.2, 0.25) is 0 Å². The lowest BCUT2D eigenvalue weighted by atomic mass is 10.4. The van der Waals surface area contributed by atoms with E-state index in [1.54, 1.807) is 0 Å².